The third-order valence-electron chi connectivity index (χ3n) is 2.65. The van der Waals surface area contributed by atoms with Gasteiger partial charge < -0.3 is 10.1 Å². The standard InChI is InChI=1S/C14H20F3NOS/c1-3-9-18-12(10-20-4-2)11-7-5-6-8-13(11)19-14(15,16)17/h5-8,12,18H,3-4,9-10H2,1-2H3. The van der Waals surface area contributed by atoms with E-state index in [1.54, 1.807) is 30.0 Å². The summed E-state index contributed by atoms with van der Waals surface area (Å²) < 4.78 is 41.4. The minimum absolute atomic E-state index is 0.120. The fourth-order valence-corrected chi connectivity index (χ4v) is 2.57. The minimum Gasteiger partial charge on any atom is -0.405 e. The first-order chi connectivity index (χ1) is 9.48. The fourth-order valence-electron chi connectivity index (χ4n) is 1.80. The molecular weight excluding hydrogens is 287 g/mol. The van der Waals surface area contributed by atoms with E-state index in [9.17, 15) is 13.2 Å². The molecule has 114 valence electrons. The highest BCUT2D eigenvalue weighted by molar-refractivity contribution is 7.99. The van der Waals surface area contributed by atoms with Gasteiger partial charge in [0.2, 0.25) is 0 Å². The number of ether oxygens (including phenoxy) is 1. The summed E-state index contributed by atoms with van der Waals surface area (Å²) in [5.41, 5.74) is 0.555. The molecule has 0 bridgehead atoms. The maximum atomic E-state index is 12.4. The van der Waals surface area contributed by atoms with Crippen molar-refractivity contribution in [1.29, 1.82) is 0 Å². The van der Waals surface area contributed by atoms with Crippen LogP contribution < -0.4 is 10.1 Å². The van der Waals surface area contributed by atoms with Crippen molar-refractivity contribution in [3.63, 3.8) is 0 Å². The van der Waals surface area contributed by atoms with Crippen molar-refractivity contribution in [2.75, 3.05) is 18.1 Å². The van der Waals surface area contributed by atoms with Gasteiger partial charge >= 0.3 is 6.36 Å². The molecule has 1 rings (SSSR count). The summed E-state index contributed by atoms with van der Waals surface area (Å²) in [7, 11) is 0. The van der Waals surface area contributed by atoms with E-state index in [1.807, 2.05) is 13.8 Å². The number of rotatable bonds is 8. The lowest BCUT2D eigenvalue weighted by molar-refractivity contribution is -0.275. The largest absolute Gasteiger partial charge is 0.573 e. The van der Waals surface area contributed by atoms with Crippen molar-refractivity contribution in [2.45, 2.75) is 32.7 Å². The van der Waals surface area contributed by atoms with Crippen LogP contribution in [0.5, 0.6) is 5.75 Å². The van der Waals surface area contributed by atoms with Gasteiger partial charge in [-0.25, -0.2) is 0 Å². The van der Waals surface area contributed by atoms with E-state index in [0.29, 0.717) is 11.3 Å². The van der Waals surface area contributed by atoms with E-state index in [0.717, 1.165) is 18.7 Å². The van der Waals surface area contributed by atoms with Crippen LogP contribution in [0.3, 0.4) is 0 Å². The zero-order chi connectivity index (χ0) is 15.0. The number of nitrogens with one attached hydrogen (secondary N) is 1. The molecule has 1 aromatic carbocycles. The van der Waals surface area contributed by atoms with Crippen LogP contribution in [0.4, 0.5) is 13.2 Å². The van der Waals surface area contributed by atoms with Crippen molar-refractivity contribution < 1.29 is 17.9 Å². The zero-order valence-corrected chi connectivity index (χ0v) is 12.5. The third-order valence-corrected chi connectivity index (χ3v) is 3.63. The molecule has 1 N–H and O–H groups in total. The quantitative estimate of drug-likeness (QED) is 0.770. The van der Waals surface area contributed by atoms with Crippen LogP contribution in [0.15, 0.2) is 24.3 Å². The Morgan fingerprint density at radius 3 is 2.55 bits per heavy atom. The van der Waals surface area contributed by atoms with E-state index in [1.165, 1.54) is 6.07 Å². The predicted molar refractivity (Wildman–Crippen MR) is 77.2 cm³/mol. The SMILES string of the molecule is CCCNC(CSCC)c1ccccc1OC(F)(F)F. The van der Waals surface area contributed by atoms with Crippen LogP contribution >= 0.6 is 11.8 Å². The first-order valence-electron chi connectivity index (χ1n) is 6.63. The first kappa shape index (κ1) is 17.2. The monoisotopic (exact) mass is 307 g/mol. The summed E-state index contributed by atoms with van der Waals surface area (Å²) in [6.45, 7) is 4.81. The Kier molecular flexibility index (Phi) is 7.23. The van der Waals surface area contributed by atoms with Crippen LogP contribution in [0.1, 0.15) is 31.9 Å². The number of thioether (sulfide) groups is 1. The van der Waals surface area contributed by atoms with E-state index < -0.39 is 6.36 Å². The predicted octanol–water partition coefficient (Wildman–Crippen LogP) is 4.38. The van der Waals surface area contributed by atoms with Gasteiger partial charge in [-0.3, -0.25) is 0 Å². The fraction of sp³-hybridized carbons (Fsp3) is 0.571. The summed E-state index contributed by atoms with van der Waals surface area (Å²) in [5, 5.41) is 3.28. The third kappa shape index (κ3) is 6.05. The molecule has 0 fully saturated rings. The molecule has 0 amide bonds. The molecular formula is C14H20F3NOS. The molecule has 20 heavy (non-hydrogen) atoms. The molecule has 0 saturated heterocycles. The lowest BCUT2D eigenvalue weighted by Gasteiger charge is -2.22. The second kappa shape index (κ2) is 8.42. The summed E-state index contributed by atoms with van der Waals surface area (Å²) in [6, 6.07) is 6.19. The smallest absolute Gasteiger partial charge is 0.405 e. The number of hydrogen-bond donors (Lipinski definition) is 1. The topological polar surface area (TPSA) is 21.3 Å². The molecule has 0 saturated carbocycles. The van der Waals surface area contributed by atoms with Gasteiger partial charge in [-0.2, -0.15) is 11.8 Å². The Morgan fingerprint density at radius 1 is 1.25 bits per heavy atom. The van der Waals surface area contributed by atoms with Crippen molar-refractivity contribution in [3.8, 4) is 5.75 Å². The number of hydrogen-bond acceptors (Lipinski definition) is 3. The van der Waals surface area contributed by atoms with Gasteiger partial charge in [-0.1, -0.05) is 32.0 Å². The highest BCUT2D eigenvalue weighted by Gasteiger charge is 2.32. The average Bonchev–Trinajstić information content (AvgIpc) is 2.38. The van der Waals surface area contributed by atoms with Gasteiger partial charge in [0.05, 0.1) is 0 Å². The Morgan fingerprint density at radius 2 is 1.95 bits per heavy atom. The molecule has 1 aromatic rings. The van der Waals surface area contributed by atoms with E-state index in [-0.39, 0.29) is 11.8 Å². The van der Waals surface area contributed by atoms with E-state index in [2.05, 4.69) is 10.1 Å². The van der Waals surface area contributed by atoms with Crippen LogP contribution in [-0.4, -0.2) is 24.4 Å². The first-order valence-corrected chi connectivity index (χ1v) is 7.79. The molecule has 0 aliphatic carbocycles. The van der Waals surface area contributed by atoms with Gasteiger partial charge in [-0.15, -0.1) is 13.2 Å². The molecule has 0 aliphatic heterocycles. The number of alkyl halides is 3. The molecule has 0 aliphatic rings. The van der Waals surface area contributed by atoms with Gasteiger partial charge in [0.15, 0.2) is 0 Å². The lowest BCUT2D eigenvalue weighted by Crippen LogP contribution is -2.26. The highest BCUT2D eigenvalue weighted by atomic mass is 32.2. The summed E-state index contributed by atoms with van der Waals surface area (Å²) in [4.78, 5) is 0. The van der Waals surface area contributed by atoms with Crippen molar-refractivity contribution >= 4 is 11.8 Å². The maximum absolute atomic E-state index is 12.4. The van der Waals surface area contributed by atoms with Crippen LogP contribution in [0, 0.1) is 0 Å². The van der Waals surface area contributed by atoms with Crippen LogP contribution in [0.25, 0.3) is 0 Å². The van der Waals surface area contributed by atoms with E-state index >= 15 is 0 Å². The lowest BCUT2D eigenvalue weighted by atomic mass is 10.1. The summed E-state index contributed by atoms with van der Waals surface area (Å²) in [6.07, 6.45) is -3.74. The van der Waals surface area contributed by atoms with Gasteiger partial charge in [0, 0.05) is 17.4 Å². The summed E-state index contributed by atoms with van der Waals surface area (Å²) in [5.74, 6) is 1.52. The Bertz CT molecular complexity index is 390. The second-order valence-electron chi connectivity index (χ2n) is 4.25. The van der Waals surface area contributed by atoms with Gasteiger partial charge in [0.25, 0.3) is 0 Å². The maximum Gasteiger partial charge on any atom is 0.573 e. The zero-order valence-electron chi connectivity index (χ0n) is 11.7. The molecule has 0 spiro atoms. The van der Waals surface area contributed by atoms with Crippen molar-refractivity contribution in [1.82, 2.24) is 5.32 Å². The van der Waals surface area contributed by atoms with Crippen molar-refractivity contribution in [2.24, 2.45) is 0 Å². The Hall–Kier alpha value is -0.880. The second-order valence-corrected chi connectivity index (χ2v) is 5.57. The van der Waals surface area contributed by atoms with Gasteiger partial charge in [-0.05, 0) is 24.8 Å². The molecule has 0 aromatic heterocycles. The Balaban J connectivity index is 2.92. The normalized spacial score (nSPS) is 13.2. The number of benzene rings is 1. The minimum atomic E-state index is -4.66. The molecule has 6 heteroatoms. The van der Waals surface area contributed by atoms with Gasteiger partial charge in [0.1, 0.15) is 5.75 Å². The molecule has 2 nitrogen and oxygen atoms in total. The van der Waals surface area contributed by atoms with Crippen molar-refractivity contribution in [3.05, 3.63) is 29.8 Å². The molecule has 1 unspecified atom stereocenters. The number of halogens is 3. The van der Waals surface area contributed by atoms with E-state index in [4.69, 9.17) is 0 Å². The Labute approximate surface area is 122 Å². The summed E-state index contributed by atoms with van der Waals surface area (Å²) >= 11 is 1.69. The molecule has 0 heterocycles. The van der Waals surface area contributed by atoms with Crippen LogP contribution in [-0.2, 0) is 0 Å². The van der Waals surface area contributed by atoms with Crippen LogP contribution in [0.2, 0.25) is 0 Å². The number of para-hydroxylation sites is 1. The average molecular weight is 307 g/mol. The molecule has 0 radical (unpaired) electrons. The highest BCUT2D eigenvalue weighted by Crippen LogP contribution is 2.31. The molecule has 1 atom stereocenters.